The lowest BCUT2D eigenvalue weighted by atomic mass is 10.0. The summed E-state index contributed by atoms with van der Waals surface area (Å²) < 4.78 is 66.0. The molecular weight excluding hydrogens is 586 g/mol. The van der Waals surface area contributed by atoms with Crippen molar-refractivity contribution in [1.29, 1.82) is 0 Å². The first-order valence-electron chi connectivity index (χ1n) is 11.8. The first-order valence-corrected chi connectivity index (χ1v) is 13.0. The van der Waals surface area contributed by atoms with Gasteiger partial charge in [0.1, 0.15) is 39.3 Å². The van der Waals surface area contributed by atoms with Crippen LogP contribution in [0.15, 0.2) is 65.1 Å². The number of amides is 2. The van der Waals surface area contributed by atoms with Gasteiger partial charge in [0, 0.05) is 5.39 Å². The van der Waals surface area contributed by atoms with Crippen molar-refractivity contribution in [1.82, 2.24) is 4.98 Å². The molecule has 0 saturated heterocycles. The number of nitrogens with two attached hydrogens (primary N) is 1. The number of benzene rings is 2. The molecule has 13 heteroatoms. The number of carbonyl (C=O) groups excluding carboxylic acids is 2. The van der Waals surface area contributed by atoms with Gasteiger partial charge in [-0.3, -0.25) is 9.59 Å². The van der Waals surface area contributed by atoms with Crippen LogP contribution in [0.4, 0.5) is 23.2 Å². The fraction of sp³-hybridized carbons (Fsp3) is 0.107. The molecule has 0 saturated carbocycles. The van der Waals surface area contributed by atoms with Crippen molar-refractivity contribution in [3.63, 3.8) is 0 Å². The molecule has 2 amide bonds. The third kappa shape index (κ3) is 5.74. The number of furan rings is 1. The normalized spacial score (nSPS) is 11.6. The summed E-state index contributed by atoms with van der Waals surface area (Å²) in [5.74, 6) is -1.84. The van der Waals surface area contributed by atoms with Crippen LogP contribution in [0.2, 0.25) is 5.02 Å². The van der Waals surface area contributed by atoms with Gasteiger partial charge in [-0.1, -0.05) is 35.9 Å². The number of hydrogen-bond acceptors (Lipinski definition) is 6. The predicted octanol–water partition coefficient (Wildman–Crippen LogP) is 7.61. The number of aryl methyl sites for hydroxylation is 1. The van der Waals surface area contributed by atoms with Crippen molar-refractivity contribution in [3.8, 4) is 16.9 Å². The molecule has 5 rings (SSSR count). The fourth-order valence-electron chi connectivity index (χ4n) is 4.09. The molecule has 0 spiro atoms. The standard InChI is InChI=1S/C28H18ClF4N3O4S/c1-13-3-2-4-18(29)23(13)39-12-16-9-10-19(40-16)26(38)36-22-21-17(14-5-7-15(30)8-6-14)11-20(28(31,32)33)35-27(21)41-24(22)25(34)37/h2-11H,12H2,1H3,(H2,34,37)(H,36,38). The van der Waals surface area contributed by atoms with Crippen molar-refractivity contribution in [3.05, 3.63) is 99.2 Å². The number of ether oxygens (including phenoxy) is 1. The van der Waals surface area contributed by atoms with Crippen LogP contribution in [0, 0.1) is 12.7 Å². The number of nitrogens with zero attached hydrogens (tertiary/aromatic N) is 1. The molecule has 0 fully saturated rings. The highest BCUT2D eigenvalue weighted by atomic mass is 35.5. The van der Waals surface area contributed by atoms with Crippen LogP contribution in [0.5, 0.6) is 5.75 Å². The second kappa shape index (κ2) is 10.9. The van der Waals surface area contributed by atoms with Crippen molar-refractivity contribution >= 4 is 50.7 Å². The van der Waals surface area contributed by atoms with Gasteiger partial charge < -0.3 is 20.2 Å². The maximum Gasteiger partial charge on any atom is 0.433 e. The van der Waals surface area contributed by atoms with Gasteiger partial charge in [0.15, 0.2) is 5.76 Å². The van der Waals surface area contributed by atoms with E-state index < -0.39 is 29.5 Å². The Bertz CT molecular complexity index is 1780. The Kier molecular flexibility index (Phi) is 7.45. The average Bonchev–Trinajstić information content (AvgIpc) is 3.53. The Morgan fingerprint density at radius 1 is 1.12 bits per heavy atom. The highest BCUT2D eigenvalue weighted by molar-refractivity contribution is 7.21. The summed E-state index contributed by atoms with van der Waals surface area (Å²) in [6, 6.07) is 13.6. The number of fused-ring (bicyclic) bond motifs is 1. The van der Waals surface area contributed by atoms with Gasteiger partial charge in [-0.25, -0.2) is 9.37 Å². The van der Waals surface area contributed by atoms with E-state index in [1.807, 2.05) is 13.0 Å². The van der Waals surface area contributed by atoms with Crippen LogP contribution in [-0.4, -0.2) is 16.8 Å². The second-order valence-corrected chi connectivity index (χ2v) is 10.2. The van der Waals surface area contributed by atoms with Gasteiger partial charge in [-0.15, -0.1) is 11.3 Å². The predicted molar refractivity (Wildman–Crippen MR) is 146 cm³/mol. The topological polar surface area (TPSA) is 107 Å². The lowest BCUT2D eigenvalue weighted by Gasteiger charge is -2.12. The molecule has 0 bridgehead atoms. The van der Waals surface area contributed by atoms with Crippen LogP contribution in [0.3, 0.4) is 0 Å². The van der Waals surface area contributed by atoms with E-state index in [2.05, 4.69) is 10.3 Å². The average molecular weight is 604 g/mol. The number of carbonyl (C=O) groups is 2. The summed E-state index contributed by atoms with van der Waals surface area (Å²) in [5.41, 5.74) is 5.09. The first-order chi connectivity index (χ1) is 19.4. The maximum atomic E-state index is 13.7. The van der Waals surface area contributed by atoms with Crippen LogP contribution in [0.25, 0.3) is 21.3 Å². The Morgan fingerprint density at radius 3 is 2.51 bits per heavy atom. The highest BCUT2D eigenvalue weighted by Gasteiger charge is 2.35. The molecule has 3 heterocycles. The lowest BCUT2D eigenvalue weighted by molar-refractivity contribution is -0.140. The highest BCUT2D eigenvalue weighted by Crippen LogP contribution is 2.44. The summed E-state index contributed by atoms with van der Waals surface area (Å²) in [6.07, 6.45) is -4.82. The third-order valence-electron chi connectivity index (χ3n) is 5.98. The van der Waals surface area contributed by atoms with Gasteiger partial charge in [-0.05, 0) is 60.0 Å². The van der Waals surface area contributed by atoms with Gasteiger partial charge in [-0.2, -0.15) is 13.2 Å². The molecule has 5 aromatic rings. The Hall–Kier alpha value is -4.42. The molecule has 0 unspecified atom stereocenters. The van der Waals surface area contributed by atoms with Gasteiger partial charge >= 0.3 is 6.18 Å². The van der Waals surface area contributed by atoms with Crippen molar-refractivity contribution in [2.24, 2.45) is 5.73 Å². The minimum atomic E-state index is -4.82. The molecule has 2 aromatic carbocycles. The van der Waals surface area contributed by atoms with E-state index in [0.29, 0.717) is 22.1 Å². The summed E-state index contributed by atoms with van der Waals surface area (Å²) in [4.78, 5) is 28.7. The summed E-state index contributed by atoms with van der Waals surface area (Å²) in [5, 5.41) is 2.96. The maximum absolute atomic E-state index is 13.7. The van der Waals surface area contributed by atoms with Gasteiger partial charge in [0.05, 0.1) is 10.7 Å². The number of pyridine rings is 1. The number of halogens is 5. The van der Waals surface area contributed by atoms with Crippen LogP contribution < -0.4 is 15.8 Å². The number of aromatic nitrogens is 1. The number of anilines is 1. The summed E-state index contributed by atoms with van der Waals surface area (Å²) in [7, 11) is 0. The Morgan fingerprint density at radius 2 is 1.85 bits per heavy atom. The minimum absolute atomic E-state index is 0.0288. The molecule has 0 atom stereocenters. The van der Waals surface area contributed by atoms with Crippen molar-refractivity contribution in [2.75, 3.05) is 5.32 Å². The number of nitrogens with one attached hydrogen (secondary N) is 1. The Labute approximate surface area is 238 Å². The molecule has 0 aliphatic heterocycles. The lowest BCUT2D eigenvalue weighted by Crippen LogP contribution is -2.16. The van der Waals surface area contributed by atoms with Crippen LogP contribution >= 0.6 is 22.9 Å². The second-order valence-electron chi connectivity index (χ2n) is 8.80. The van der Waals surface area contributed by atoms with E-state index in [0.717, 1.165) is 23.8 Å². The van der Waals surface area contributed by atoms with E-state index in [-0.39, 0.29) is 50.0 Å². The van der Waals surface area contributed by atoms with Crippen LogP contribution in [0.1, 0.15) is 37.2 Å². The summed E-state index contributed by atoms with van der Waals surface area (Å²) in [6.45, 7) is 1.76. The van der Waals surface area contributed by atoms with E-state index >= 15 is 0 Å². The van der Waals surface area contributed by atoms with Gasteiger partial charge in [0.2, 0.25) is 0 Å². The fourth-order valence-corrected chi connectivity index (χ4v) is 5.37. The van der Waals surface area contributed by atoms with Crippen molar-refractivity contribution in [2.45, 2.75) is 19.7 Å². The van der Waals surface area contributed by atoms with Crippen molar-refractivity contribution < 1.29 is 36.3 Å². The number of rotatable bonds is 7. The molecule has 0 aliphatic rings. The number of thiophene rings is 1. The molecule has 41 heavy (non-hydrogen) atoms. The molecule has 7 nitrogen and oxygen atoms in total. The largest absolute Gasteiger partial charge is 0.484 e. The SMILES string of the molecule is Cc1cccc(Cl)c1OCc1ccc(C(=O)Nc2c(C(N)=O)sc3nc(C(F)(F)F)cc(-c4ccc(F)cc4)c23)o1. The smallest absolute Gasteiger partial charge is 0.433 e. The molecular formula is C28H18ClF4N3O4S. The molecule has 3 aromatic heterocycles. The van der Waals surface area contributed by atoms with E-state index in [9.17, 15) is 27.2 Å². The van der Waals surface area contributed by atoms with E-state index in [1.54, 1.807) is 12.1 Å². The van der Waals surface area contributed by atoms with Crippen LogP contribution in [-0.2, 0) is 12.8 Å². The summed E-state index contributed by atoms with van der Waals surface area (Å²) >= 11 is 6.76. The zero-order valence-electron chi connectivity index (χ0n) is 20.9. The first kappa shape index (κ1) is 28.1. The number of alkyl halides is 3. The zero-order valence-corrected chi connectivity index (χ0v) is 22.5. The van der Waals surface area contributed by atoms with E-state index in [4.69, 9.17) is 26.5 Å². The molecule has 210 valence electrons. The monoisotopic (exact) mass is 603 g/mol. The van der Waals surface area contributed by atoms with E-state index in [1.165, 1.54) is 24.3 Å². The molecule has 0 aliphatic carbocycles. The third-order valence-corrected chi connectivity index (χ3v) is 7.37. The minimum Gasteiger partial charge on any atom is -0.484 e. The molecule has 3 N–H and O–H groups in total. The number of hydrogen-bond donors (Lipinski definition) is 2. The Balaban J connectivity index is 1.52. The number of primary amides is 1. The quantitative estimate of drug-likeness (QED) is 0.186. The molecule has 0 radical (unpaired) electrons. The number of para-hydroxylation sites is 1. The van der Waals surface area contributed by atoms with Gasteiger partial charge in [0.25, 0.3) is 11.8 Å². The zero-order chi connectivity index (χ0) is 29.5.